The number of benzene rings is 1. The molecule has 0 radical (unpaired) electrons. The van der Waals surface area contributed by atoms with Gasteiger partial charge in [-0.3, -0.25) is 9.59 Å². The van der Waals surface area contributed by atoms with Crippen LogP contribution in [0.25, 0.3) is 12.2 Å². The number of ether oxygens (including phenoxy) is 1. The van der Waals surface area contributed by atoms with Crippen LogP contribution in [0, 0.1) is 0 Å². The van der Waals surface area contributed by atoms with Gasteiger partial charge in [0.15, 0.2) is 5.76 Å². The van der Waals surface area contributed by atoms with Crippen molar-refractivity contribution in [1.82, 2.24) is 4.98 Å². The number of aromatic nitrogens is 1. The van der Waals surface area contributed by atoms with Gasteiger partial charge in [-0.2, -0.15) is 0 Å². The number of aromatic amines is 1. The fourth-order valence-electron chi connectivity index (χ4n) is 2.49. The van der Waals surface area contributed by atoms with E-state index in [1.165, 1.54) is 30.1 Å². The molecule has 140 valence electrons. The molecule has 6 heteroatoms. The third-order valence-corrected chi connectivity index (χ3v) is 4.86. The second-order valence-electron chi connectivity index (χ2n) is 6.04. The van der Waals surface area contributed by atoms with Gasteiger partial charge in [-0.05, 0) is 42.3 Å². The molecule has 0 bridgehead atoms. The number of nitrogens with one attached hydrogen (secondary N) is 1. The number of furan rings is 1. The normalized spacial score (nSPS) is 12.5. The average Bonchev–Trinajstić information content (AvgIpc) is 3.31. The van der Waals surface area contributed by atoms with Crippen molar-refractivity contribution in [2.45, 2.75) is 26.2 Å². The van der Waals surface area contributed by atoms with E-state index in [2.05, 4.69) is 11.9 Å². The Hall–Kier alpha value is -2.86. The molecule has 0 aliphatic rings. The summed E-state index contributed by atoms with van der Waals surface area (Å²) in [4.78, 5) is 26.9. The van der Waals surface area contributed by atoms with Crippen LogP contribution in [0.5, 0.6) is 5.75 Å². The Kier molecular flexibility index (Phi) is 6.44. The van der Waals surface area contributed by atoms with E-state index in [0.29, 0.717) is 15.8 Å². The molecule has 5 nitrogen and oxygen atoms in total. The summed E-state index contributed by atoms with van der Waals surface area (Å²) in [5.74, 6) is 0.777. The van der Waals surface area contributed by atoms with Crippen LogP contribution in [0.1, 0.15) is 42.3 Å². The molecule has 0 spiro atoms. The lowest BCUT2D eigenvalue weighted by atomic mass is 10.2. The number of ketones is 1. The van der Waals surface area contributed by atoms with Gasteiger partial charge in [0, 0.05) is 6.08 Å². The first-order valence-corrected chi connectivity index (χ1v) is 9.70. The number of Topliss-reactive ketones (excluding diaryl/α,β-unsaturated/α-hetero) is 1. The van der Waals surface area contributed by atoms with Gasteiger partial charge in [0.25, 0.3) is 5.56 Å². The van der Waals surface area contributed by atoms with Crippen molar-refractivity contribution in [2.75, 3.05) is 6.61 Å². The molecule has 1 N–H and O–H groups in total. The Morgan fingerprint density at radius 2 is 2.04 bits per heavy atom. The van der Waals surface area contributed by atoms with Crippen LogP contribution in [0.15, 0.2) is 51.9 Å². The third-order valence-electron chi connectivity index (χ3n) is 3.90. The van der Waals surface area contributed by atoms with Crippen LogP contribution >= 0.6 is 11.3 Å². The number of carbonyl (C=O) groups excluding carboxylic acids is 1. The Labute approximate surface area is 160 Å². The quantitative estimate of drug-likeness (QED) is 0.479. The molecule has 27 heavy (non-hydrogen) atoms. The predicted molar refractivity (Wildman–Crippen MR) is 107 cm³/mol. The average molecular weight is 383 g/mol. The van der Waals surface area contributed by atoms with Crippen LogP contribution < -0.4 is 19.5 Å². The van der Waals surface area contributed by atoms with Crippen molar-refractivity contribution >= 4 is 29.3 Å². The van der Waals surface area contributed by atoms with Crippen LogP contribution in [-0.2, 0) is 0 Å². The van der Waals surface area contributed by atoms with Gasteiger partial charge in [-0.25, -0.2) is 0 Å². The number of hydrogen-bond acceptors (Lipinski definition) is 5. The highest BCUT2D eigenvalue weighted by atomic mass is 32.1. The molecule has 0 atom stereocenters. The highest BCUT2D eigenvalue weighted by molar-refractivity contribution is 7.07. The lowest BCUT2D eigenvalue weighted by Gasteiger charge is -2.05. The van der Waals surface area contributed by atoms with Gasteiger partial charge in [0.1, 0.15) is 5.75 Å². The van der Waals surface area contributed by atoms with E-state index in [1.807, 2.05) is 24.3 Å². The zero-order chi connectivity index (χ0) is 19.1. The minimum atomic E-state index is -0.284. The standard InChI is InChI=1S/C21H21NO4S/c1-2-3-4-11-25-16-9-7-15(8-10-16)13-19-21(24)22-20(27-19)14-17(23)18-6-5-12-26-18/h5-10,12-14H,2-4,11H2,1H3,(H,22,24)/b19-13-,20-14-. The molecule has 0 saturated carbocycles. The minimum absolute atomic E-state index is 0.224. The Balaban J connectivity index is 1.74. The second kappa shape index (κ2) is 9.19. The SMILES string of the molecule is CCCCCOc1ccc(/C=c2\s/c(=C\C(=O)c3ccco3)[nH]c2=O)cc1. The largest absolute Gasteiger partial charge is 0.494 e. The summed E-state index contributed by atoms with van der Waals surface area (Å²) >= 11 is 1.23. The van der Waals surface area contributed by atoms with E-state index in [9.17, 15) is 9.59 Å². The molecular formula is C21H21NO4S. The molecule has 1 aromatic carbocycles. The van der Waals surface area contributed by atoms with Crippen LogP contribution in [0.2, 0.25) is 0 Å². The van der Waals surface area contributed by atoms with Gasteiger partial charge >= 0.3 is 0 Å². The minimum Gasteiger partial charge on any atom is -0.494 e. The molecule has 2 aromatic heterocycles. The maximum Gasteiger partial charge on any atom is 0.266 e. The zero-order valence-corrected chi connectivity index (χ0v) is 15.9. The summed E-state index contributed by atoms with van der Waals surface area (Å²) in [7, 11) is 0. The highest BCUT2D eigenvalue weighted by Gasteiger charge is 2.05. The van der Waals surface area contributed by atoms with Gasteiger partial charge in [0.2, 0.25) is 5.78 Å². The summed E-state index contributed by atoms with van der Waals surface area (Å²) in [6.45, 7) is 2.87. The molecule has 3 aromatic rings. The first-order valence-electron chi connectivity index (χ1n) is 8.89. The zero-order valence-electron chi connectivity index (χ0n) is 15.1. The van der Waals surface area contributed by atoms with E-state index < -0.39 is 0 Å². The highest BCUT2D eigenvalue weighted by Crippen LogP contribution is 2.13. The lowest BCUT2D eigenvalue weighted by Crippen LogP contribution is -2.19. The fourth-order valence-corrected chi connectivity index (χ4v) is 3.37. The maximum absolute atomic E-state index is 12.1. The smallest absolute Gasteiger partial charge is 0.266 e. The molecule has 0 aliphatic carbocycles. The van der Waals surface area contributed by atoms with Crippen LogP contribution in [0.3, 0.4) is 0 Å². The first kappa shape index (κ1) is 18.9. The Morgan fingerprint density at radius 3 is 2.74 bits per heavy atom. The van der Waals surface area contributed by atoms with Crippen molar-refractivity contribution in [3.8, 4) is 5.75 Å². The number of thiazole rings is 1. The molecule has 0 unspecified atom stereocenters. The van der Waals surface area contributed by atoms with E-state index in [0.717, 1.165) is 24.2 Å². The van der Waals surface area contributed by atoms with Crippen LogP contribution in [0.4, 0.5) is 0 Å². The summed E-state index contributed by atoms with van der Waals surface area (Å²) in [6, 6.07) is 10.8. The number of hydrogen-bond donors (Lipinski definition) is 1. The van der Waals surface area contributed by atoms with Gasteiger partial charge < -0.3 is 14.1 Å². The molecule has 2 heterocycles. The number of H-pyrrole nitrogens is 1. The Morgan fingerprint density at radius 1 is 1.22 bits per heavy atom. The maximum atomic E-state index is 12.1. The lowest BCUT2D eigenvalue weighted by molar-refractivity contribution is 0.103. The molecular weight excluding hydrogens is 362 g/mol. The molecule has 0 fully saturated rings. The number of unbranched alkanes of at least 4 members (excludes halogenated alkanes) is 2. The van der Waals surface area contributed by atoms with Crippen molar-refractivity contribution in [2.24, 2.45) is 0 Å². The third kappa shape index (κ3) is 5.31. The summed E-state index contributed by atoms with van der Waals surface area (Å²) in [5, 5.41) is 0. The molecule has 3 rings (SSSR count). The van der Waals surface area contributed by atoms with Crippen molar-refractivity contribution in [3.63, 3.8) is 0 Å². The fraction of sp³-hybridized carbons (Fsp3) is 0.238. The van der Waals surface area contributed by atoms with Crippen molar-refractivity contribution in [1.29, 1.82) is 0 Å². The number of carbonyl (C=O) groups is 1. The van der Waals surface area contributed by atoms with E-state index in [4.69, 9.17) is 9.15 Å². The summed E-state index contributed by atoms with van der Waals surface area (Å²) in [6.07, 6.45) is 7.97. The first-order chi connectivity index (χ1) is 13.2. The Bertz CT molecular complexity index is 1040. The van der Waals surface area contributed by atoms with Crippen molar-refractivity contribution < 1.29 is 13.9 Å². The molecule has 0 aliphatic heterocycles. The van der Waals surface area contributed by atoms with E-state index in [-0.39, 0.29) is 17.1 Å². The number of rotatable bonds is 8. The predicted octanol–water partition coefficient (Wildman–Crippen LogP) is 3.09. The monoisotopic (exact) mass is 383 g/mol. The summed E-state index contributed by atoms with van der Waals surface area (Å²) in [5.41, 5.74) is 0.672. The van der Waals surface area contributed by atoms with E-state index >= 15 is 0 Å². The van der Waals surface area contributed by atoms with Crippen LogP contribution in [-0.4, -0.2) is 17.4 Å². The van der Waals surface area contributed by atoms with Crippen molar-refractivity contribution in [3.05, 3.63) is 73.5 Å². The van der Waals surface area contributed by atoms with Gasteiger partial charge in [-0.15, -0.1) is 11.3 Å². The van der Waals surface area contributed by atoms with Gasteiger partial charge in [0.05, 0.1) is 22.1 Å². The van der Waals surface area contributed by atoms with Gasteiger partial charge in [-0.1, -0.05) is 31.9 Å². The van der Waals surface area contributed by atoms with E-state index in [1.54, 1.807) is 18.2 Å². The topological polar surface area (TPSA) is 72.3 Å². The molecule has 0 amide bonds. The second-order valence-corrected chi connectivity index (χ2v) is 7.12. The molecule has 0 saturated heterocycles. The summed E-state index contributed by atoms with van der Waals surface area (Å²) < 4.78 is 11.8.